The van der Waals surface area contributed by atoms with E-state index in [0.717, 1.165) is 10.0 Å². The van der Waals surface area contributed by atoms with Gasteiger partial charge in [-0.3, -0.25) is 14.9 Å². The van der Waals surface area contributed by atoms with Crippen molar-refractivity contribution in [3.05, 3.63) is 105 Å². The molecule has 27 heavy (non-hydrogen) atoms. The van der Waals surface area contributed by atoms with Gasteiger partial charge < -0.3 is 5.32 Å². The molecule has 0 aliphatic rings. The summed E-state index contributed by atoms with van der Waals surface area (Å²) in [6.07, 6.45) is 1.65. The molecule has 1 N–H and O–H groups in total. The normalized spacial score (nSPS) is 11.1. The number of anilines is 1. The number of carbonyl (C=O) groups is 1. The maximum absolute atomic E-state index is 12.9. The van der Waals surface area contributed by atoms with Gasteiger partial charge in [-0.1, -0.05) is 58.4 Å². The Morgan fingerprint density at radius 3 is 2.33 bits per heavy atom. The summed E-state index contributed by atoms with van der Waals surface area (Å²) in [4.78, 5) is 23.5. The number of amides is 1. The highest BCUT2D eigenvalue weighted by Crippen LogP contribution is 2.23. The van der Waals surface area contributed by atoms with Gasteiger partial charge >= 0.3 is 0 Å². The third kappa shape index (κ3) is 4.89. The van der Waals surface area contributed by atoms with Crippen molar-refractivity contribution in [2.45, 2.75) is 0 Å². The van der Waals surface area contributed by atoms with Crippen LogP contribution in [0.25, 0.3) is 11.6 Å². The molecule has 0 spiro atoms. The third-order valence-corrected chi connectivity index (χ3v) is 4.35. The number of nitrogens with one attached hydrogen (secondary N) is 1. The predicted molar refractivity (Wildman–Crippen MR) is 110 cm³/mol. The van der Waals surface area contributed by atoms with Crippen LogP contribution < -0.4 is 5.32 Å². The van der Waals surface area contributed by atoms with Crippen LogP contribution in [-0.2, 0) is 4.79 Å². The second kappa shape index (κ2) is 8.42. The van der Waals surface area contributed by atoms with Crippen molar-refractivity contribution in [3.63, 3.8) is 0 Å². The average Bonchev–Trinajstić information content (AvgIpc) is 2.68. The van der Waals surface area contributed by atoms with E-state index in [0.29, 0.717) is 16.8 Å². The van der Waals surface area contributed by atoms with Crippen LogP contribution in [0.3, 0.4) is 0 Å². The molecule has 6 heteroatoms. The molecule has 0 saturated carbocycles. The number of hydrogen-bond donors (Lipinski definition) is 1. The molecule has 0 aliphatic carbocycles. The SMILES string of the molecule is O=C(Nc1ccc(Br)cc1)/C(=C\c1cccc([N+](=O)[O-])c1)c1ccccc1. The number of halogens is 1. The lowest BCUT2D eigenvalue weighted by atomic mass is 10.0. The lowest BCUT2D eigenvalue weighted by Crippen LogP contribution is -2.13. The molecule has 0 aromatic heterocycles. The summed E-state index contributed by atoms with van der Waals surface area (Å²) < 4.78 is 0.913. The number of nitro groups is 1. The molecule has 0 atom stereocenters. The third-order valence-electron chi connectivity index (χ3n) is 3.82. The number of nitro benzene ring substituents is 1. The first-order valence-corrected chi connectivity index (χ1v) is 8.91. The zero-order chi connectivity index (χ0) is 19.2. The highest BCUT2D eigenvalue weighted by atomic mass is 79.9. The summed E-state index contributed by atoms with van der Waals surface area (Å²) >= 11 is 3.36. The zero-order valence-electron chi connectivity index (χ0n) is 14.1. The van der Waals surface area contributed by atoms with Crippen LogP contribution in [0.2, 0.25) is 0 Å². The van der Waals surface area contributed by atoms with Gasteiger partial charge in [-0.2, -0.15) is 0 Å². The molecule has 0 saturated heterocycles. The number of nitrogens with zero attached hydrogens (tertiary/aromatic N) is 1. The molecule has 3 aromatic carbocycles. The summed E-state index contributed by atoms with van der Waals surface area (Å²) in [7, 11) is 0. The number of non-ortho nitro benzene ring substituents is 1. The fraction of sp³-hybridized carbons (Fsp3) is 0. The molecular formula is C21H15BrN2O3. The van der Waals surface area contributed by atoms with Crippen molar-refractivity contribution in [2.75, 3.05) is 5.32 Å². The Hall–Kier alpha value is -3.25. The van der Waals surface area contributed by atoms with Crippen LogP contribution in [0.1, 0.15) is 11.1 Å². The van der Waals surface area contributed by atoms with E-state index in [1.54, 1.807) is 30.3 Å². The Balaban J connectivity index is 1.98. The van der Waals surface area contributed by atoms with Crippen molar-refractivity contribution >= 4 is 44.9 Å². The molecular weight excluding hydrogens is 408 g/mol. The molecule has 0 heterocycles. The lowest BCUT2D eigenvalue weighted by Gasteiger charge is -2.10. The van der Waals surface area contributed by atoms with Crippen molar-refractivity contribution in [3.8, 4) is 0 Å². The fourth-order valence-electron chi connectivity index (χ4n) is 2.52. The largest absolute Gasteiger partial charge is 0.322 e. The first kappa shape index (κ1) is 18.5. The minimum absolute atomic E-state index is 0.0236. The Labute approximate surface area is 164 Å². The molecule has 5 nitrogen and oxygen atoms in total. The minimum atomic E-state index is -0.457. The Kier molecular flexibility index (Phi) is 5.78. The molecule has 0 bridgehead atoms. The van der Waals surface area contributed by atoms with Gasteiger partial charge in [0.15, 0.2) is 0 Å². The van der Waals surface area contributed by atoms with Crippen LogP contribution in [-0.4, -0.2) is 10.8 Å². The number of rotatable bonds is 5. The molecule has 0 aliphatic heterocycles. The molecule has 134 valence electrons. The summed E-state index contributed by atoms with van der Waals surface area (Å²) in [5, 5.41) is 13.9. The summed E-state index contributed by atoms with van der Waals surface area (Å²) in [5.41, 5.74) is 2.35. The molecule has 1 amide bonds. The van der Waals surface area contributed by atoms with Crippen molar-refractivity contribution in [1.82, 2.24) is 0 Å². The second-order valence-electron chi connectivity index (χ2n) is 5.74. The molecule has 0 fully saturated rings. The summed E-state index contributed by atoms with van der Waals surface area (Å²) in [6, 6.07) is 22.6. The van der Waals surface area contributed by atoms with E-state index in [1.807, 2.05) is 42.5 Å². The first-order chi connectivity index (χ1) is 13.0. The Morgan fingerprint density at radius 1 is 0.963 bits per heavy atom. The van der Waals surface area contributed by atoms with Gasteiger partial charge in [-0.05, 0) is 41.5 Å². The van der Waals surface area contributed by atoms with Gasteiger partial charge in [0.2, 0.25) is 0 Å². The maximum Gasteiger partial charge on any atom is 0.270 e. The van der Waals surface area contributed by atoms with Gasteiger partial charge in [-0.15, -0.1) is 0 Å². The van der Waals surface area contributed by atoms with Crippen LogP contribution >= 0.6 is 15.9 Å². The van der Waals surface area contributed by atoms with Gasteiger partial charge in [0.05, 0.1) is 4.92 Å². The smallest absolute Gasteiger partial charge is 0.270 e. The van der Waals surface area contributed by atoms with E-state index < -0.39 is 4.92 Å². The highest BCUT2D eigenvalue weighted by Gasteiger charge is 2.13. The van der Waals surface area contributed by atoms with E-state index >= 15 is 0 Å². The van der Waals surface area contributed by atoms with E-state index in [9.17, 15) is 14.9 Å². The number of benzene rings is 3. The standard InChI is InChI=1S/C21H15BrN2O3/c22-17-9-11-18(12-10-17)23-21(25)20(16-6-2-1-3-7-16)14-15-5-4-8-19(13-15)24(26)27/h1-14H,(H,23,25)/b20-14-. The minimum Gasteiger partial charge on any atom is -0.322 e. The van der Waals surface area contributed by atoms with Crippen LogP contribution in [0, 0.1) is 10.1 Å². The zero-order valence-corrected chi connectivity index (χ0v) is 15.7. The Bertz CT molecular complexity index is 999. The number of carbonyl (C=O) groups excluding carboxylic acids is 1. The van der Waals surface area contributed by atoms with Crippen LogP contribution in [0.4, 0.5) is 11.4 Å². The Morgan fingerprint density at radius 2 is 1.67 bits per heavy atom. The molecule has 3 aromatic rings. The van der Waals surface area contributed by atoms with Crippen molar-refractivity contribution < 1.29 is 9.72 Å². The van der Waals surface area contributed by atoms with E-state index in [1.165, 1.54) is 12.1 Å². The van der Waals surface area contributed by atoms with Gasteiger partial charge in [0, 0.05) is 27.9 Å². The predicted octanol–water partition coefficient (Wildman–Crippen LogP) is 5.54. The van der Waals surface area contributed by atoms with E-state index in [4.69, 9.17) is 0 Å². The monoisotopic (exact) mass is 422 g/mol. The topological polar surface area (TPSA) is 72.2 Å². The van der Waals surface area contributed by atoms with Gasteiger partial charge in [0.25, 0.3) is 11.6 Å². The molecule has 0 radical (unpaired) electrons. The average molecular weight is 423 g/mol. The van der Waals surface area contributed by atoms with Gasteiger partial charge in [0.1, 0.15) is 0 Å². The van der Waals surface area contributed by atoms with Crippen molar-refractivity contribution in [2.24, 2.45) is 0 Å². The van der Waals surface area contributed by atoms with E-state index in [-0.39, 0.29) is 11.6 Å². The quantitative estimate of drug-likeness (QED) is 0.254. The maximum atomic E-state index is 12.9. The summed E-state index contributed by atoms with van der Waals surface area (Å²) in [6.45, 7) is 0. The second-order valence-corrected chi connectivity index (χ2v) is 6.65. The first-order valence-electron chi connectivity index (χ1n) is 8.11. The summed E-state index contributed by atoms with van der Waals surface area (Å²) in [5.74, 6) is -0.296. The highest BCUT2D eigenvalue weighted by molar-refractivity contribution is 9.10. The molecule has 3 rings (SSSR count). The fourth-order valence-corrected chi connectivity index (χ4v) is 2.79. The van der Waals surface area contributed by atoms with Gasteiger partial charge in [-0.25, -0.2) is 0 Å². The van der Waals surface area contributed by atoms with E-state index in [2.05, 4.69) is 21.2 Å². The van der Waals surface area contributed by atoms with Crippen LogP contribution in [0.5, 0.6) is 0 Å². The van der Waals surface area contributed by atoms with Crippen LogP contribution in [0.15, 0.2) is 83.3 Å². The molecule has 0 unspecified atom stereocenters. The lowest BCUT2D eigenvalue weighted by molar-refractivity contribution is -0.384. The van der Waals surface area contributed by atoms with Crippen molar-refractivity contribution in [1.29, 1.82) is 0 Å². The number of hydrogen-bond acceptors (Lipinski definition) is 3.